The lowest BCUT2D eigenvalue weighted by atomic mass is 10.0. The number of rotatable bonds is 4. The van der Waals surface area contributed by atoms with Crippen LogP contribution in [0, 0.1) is 0 Å². The van der Waals surface area contributed by atoms with Gasteiger partial charge in [0, 0.05) is 25.0 Å². The van der Waals surface area contributed by atoms with Crippen LogP contribution < -0.4 is 10.1 Å². The number of nitrogens with one attached hydrogen (secondary N) is 1. The molecule has 110 valence electrons. The summed E-state index contributed by atoms with van der Waals surface area (Å²) in [5.74, 6) is 1.08. The van der Waals surface area contributed by atoms with E-state index in [1.54, 1.807) is 0 Å². The van der Waals surface area contributed by atoms with E-state index < -0.39 is 0 Å². The van der Waals surface area contributed by atoms with E-state index in [0.717, 1.165) is 18.7 Å². The molecular weight excluding hydrogens is 248 g/mol. The number of piperidine rings is 1. The second-order valence-corrected chi connectivity index (χ2v) is 6.36. The van der Waals surface area contributed by atoms with Gasteiger partial charge < -0.3 is 15.0 Å². The molecular formula is C17H26N2O. The first-order chi connectivity index (χ1) is 9.72. The predicted octanol–water partition coefficient (Wildman–Crippen LogP) is 2.45. The SMILES string of the molecule is CC(C)N1CCC(NCC2Cc3ccccc3O2)CC1. The van der Waals surface area contributed by atoms with E-state index in [2.05, 4.69) is 48.3 Å². The molecule has 3 nitrogen and oxygen atoms in total. The molecule has 2 aliphatic rings. The van der Waals surface area contributed by atoms with E-state index in [4.69, 9.17) is 4.74 Å². The van der Waals surface area contributed by atoms with Crippen LogP contribution in [-0.4, -0.2) is 42.7 Å². The van der Waals surface area contributed by atoms with E-state index in [-0.39, 0.29) is 0 Å². The van der Waals surface area contributed by atoms with E-state index in [0.29, 0.717) is 18.2 Å². The van der Waals surface area contributed by atoms with Crippen LogP contribution in [0.25, 0.3) is 0 Å². The second-order valence-electron chi connectivity index (χ2n) is 6.36. The van der Waals surface area contributed by atoms with Gasteiger partial charge in [0.2, 0.25) is 0 Å². The highest BCUT2D eigenvalue weighted by molar-refractivity contribution is 5.37. The molecule has 0 aromatic heterocycles. The summed E-state index contributed by atoms with van der Waals surface area (Å²) >= 11 is 0. The average Bonchev–Trinajstić information content (AvgIpc) is 2.88. The minimum atomic E-state index is 0.315. The highest BCUT2D eigenvalue weighted by atomic mass is 16.5. The topological polar surface area (TPSA) is 24.5 Å². The van der Waals surface area contributed by atoms with Crippen LogP contribution in [0.4, 0.5) is 0 Å². The second kappa shape index (κ2) is 6.15. The maximum absolute atomic E-state index is 5.98. The number of hydrogen-bond acceptors (Lipinski definition) is 3. The molecule has 0 aliphatic carbocycles. The first-order valence-corrected chi connectivity index (χ1v) is 7.94. The minimum Gasteiger partial charge on any atom is -0.488 e. The molecule has 1 atom stereocenters. The van der Waals surface area contributed by atoms with E-state index in [9.17, 15) is 0 Å². The number of hydrogen-bond donors (Lipinski definition) is 1. The van der Waals surface area contributed by atoms with Crippen molar-refractivity contribution in [2.24, 2.45) is 0 Å². The lowest BCUT2D eigenvalue weighted by Gasteiger charge is -2.35. The molecule has 1 aromatic rings. The van der Waals surface area contributed by atoms with Crippen molar-refractivity contribution in [1.82, 2.24) is 10.2 Å². The molecule has 0 saturated carbocycles. The molecule has 0 bridgehead atoms. The van der Waals surface area contributed by atoms with Crippen molar-refractivity contribution in [2.75, 3.05) is 19.6 Å². The van der Waals surface area contributed by atoms with Gasteiger partial charge in [-0.1, -0.05) is 18.2 Å². The number of para-hydroxylation sites is 1. The van der Waals surface area contributed by atoms with Crippen LogP contribution in [0.15, 0.2) is 24.3 Å². The molecule has 3 rings (SSSR count). The fraction of sp³-hybridized carbons (Fsp3) is 0.647. The zero-order chi connectivity index (χ0) is 13.9. The van der Waals surface area contributed by atoms with E-state index in [1.165, 1.54) is 31.5 Å². The maximum Gasteiger partial charge on any atom is 0.123 e. The summed E-state index contributed by atoms with van der Waals surface area (Å²) < 4.78 is 5.98. The number of benzene rings is 1. The predicted molar refractivity (Wildman–Crippen MR) is 82.3 cm³/mol. The molecule has 1 N–H and O–H groups in total. The Morgan fingerprint density at radius 1 is 1.25 bits per heavy atom. The van der Waals surface area contributed by atoms with E-state index in [1.807, 2.05) is 0 Å². The van der Waals surface area contributed by atoms with Crippen LogP contribution in [-0.2, 0) is 6.42 Å². The summed E-state index contributed by atoms with van der Waals surface area (Å²) in [5.41, 5.74) is 1.36. The Kier molecular flexibility index (Phi) is 4.27. The van der Waals surface area contributed by atoms with Gasteiger partial charge in [0.05, 0.1) is 0 Å². The first kappa shape index (κ1) is 13.9. The number of fused-ring (bicyclic) bond motifs is 1. The van der Waals surface area contributed by atoms with Crippen LogP contribution in [0.2, 0.25) is 0 Å². The summed E-state index contributed by atoms with van der Waals surface area (Å²) in [6.45, 7) is 8.00. The lowest BCUT2D eigenvalue weighted by Crippen LogP contribution is -2.47. The van der Waals surface area contributed by atoms with Gasteiger partial charge in [-0.25, -0.2) is 0 Å². The third-order valence-electron chi connectivity index (χ3n) is 4.61. The molecule has 1 unspecified atom stereocenters. The largest absolute Gasteiger partial charge is 0.488 e. The molecule has 3 heteroatoms. The maximum atomic E-state index is 5.98. The monoisotopic (exact) mass is 274 g/mol. The van der Waals surface area contributed by atoms with Crippen LogP contribution in [0.1, 0.15) is 32.3 Å². The van der Waals surface area contributed by atoms with Crippen molar-refractivity contribution in [3.8, 4) is 5.75 Å². The number of likely N-dealkylation sites (tertiary alicyclic amines) is 1. The van der Waals surface area contributed by atoms with Crippen LogP contribution in [0.3, 0.4) is 0 Å². The molecule has 2 aliphatic heterocycles. The Balaban J connectivity index is 1.41. The van der Waals surface area contributed by atoms with Gasteiger partial charge in [-0.3, -0.25) is 0 Å². The summed E-state index contributed by atoms with van der Waals surface area (Å²) in [6.07, 6.45) is 3.89. The van der Waals surface area contributed by atoms with Crippen molar-refractivity contribution in [3.05, 3.63) is 29.8 Å². The molecule has 1 aromatic carbocycles. The highest BCUT2D eigenvalue weighted by Crippen LogP contribution is 2.27. The number of ether oxygens (including phenoxy) is 1. The van der Waals surface area contributed by atoms with Gasteiger partial charge in [0.1, 0.15) is 11.9 Å². The standard InChI is InChI=1S/C17H26N2O/c1-13(2)19-9-7-15(8-10-19)18-12-16-11-14-5-3-4-6-17(14)20-16/h3-6,13,15-16,18H,7-12H2,1-2H3. The van der Waals surface area contributed by atoms with Gasteiger partial charge in [0.15, 0.2) is 0 Å². The molecule has 2 heterocycles. The minimum absolute atomic E-state index is 0.315. The van der Waals surface area contributed by atoms with E-state index >= 15 is 0 Å². The fourth-order valence-corrected chi connectivity index (χ4v) is 3.29. The Morgan fingerprint density at radius 2 is 2.00 bits per heavy atom. The number of nitrogens with zero attached hydrogens (tertiary/aromatic N) is 1. The van der Waals surface area contributed by atoms with Crippen molar-refractivity contribution in [3.63, 3.8) is 0 Å². The highest BCUT2D eigenvalue weighted by Gasteiger charge is 2.25. The van der Waals surface area contributed by atoms with Crippen molar-refractivity contribution in [2.45, 2.75) is 51.3 Å². The quantitative estimate of drug-likeness (QED) is 0.913. The van der Waals surface area contributed by atoms with Crippen LogP contribution >= 0.6 is 0 Å². The van der Waals surface area contributed by atoms with Crippen LogP contribution in [0.5, 0.6) is 5.75 Å². The molecule has 20 heavy (non-hydrogen) atoms. The smallest absolute Gasteiger partial charge is 0.123 e. The van der Waals surface area contributed by atoms with Gasteiger partial charge in [-0.2, -0.15) is 0 Å². The Bertz CT molecular complexity index is 413. The summed E-state index contributed by atoms with van der Waals surface area (Å²) in [7, 11) is 0. The Morgan fingerprint density at radius 3 is 2.70 bits per heavy atom. The molecule has 1 saturated heterocycles. The zero-order valence-corrected chi connectivity index (χ0v) is 12.6. The van der Waals surface area contributed by atoms with Gasteiger partial charge in [0.25, 0.3) is 0 Å². The third kappa shape index (κ3) is 3.15. The zero-order valence-electron chi connectivity index (χ0n) is 12.6. The molecule has 1 fully saturated rings. The molecule has 0 radical (unpaired) electrons. The fourth-order valence-electron chi connectivity index (χ4n) is 3.29. The Labute approximate surface area is 122 Å². The normalized spacial score (nSPS) is 23.9. The van der Waals surface area contributed by atoms with Crippen molar-refractivity contribution >= 4 is 0 Å². The van der Waals surface area contributed by atoms with Crippen molar-refractivity contribution in [1.29, 1.82) is 0 Å². The third-order valence-corrected chi connectivity index (χ3v) is 4.61. The van der Waals surface area contributed by atoms with Crippen molar-refractivity contribution < 1.29 is 4.74 Å². The van der Waals surface area contributed by atoms with Gasteiger partial charge >= 0.3 is 0 Å². The van der Waals surface area contributed by atoms with Gasteiger partial charge in [-0.15, -0.1) is 0 Å². The summed E-state index contributed by atoms with van der Waals surface area (Å²) in [4.78, 5) is 2.57. The Hall–Kier alpha value is -1.06. The lowest BCUT2D eigenvalue weighted by molar-refractivity contribution is 0.151. The summed E-state index contributed by atoms with van der Waals surface area (Å²) in [5, 5.41) is 3.71. The van der Waals surface area contributed by atoms with Gasteiger partial charge in [-0.05, 0) is 51.4 Å². The molecule has 0 spiro atoms. The first-order valence-electron chi connectivity index (χ1n) is 7.94. The summed E-state index contributed by atoms with van der Waals surface area (Å²) in [6, 6.07) is 9.75. The molecule has 0 amide bonds. The average molecular weight is 274 g/mol.